The first-order valence-electron chi connectivity index (χ1n) is 6.10. The van der Waals surface area contributed by atoms with Crippen LogP contribution >= 0.6 is 0 Å². The quantitative estimate of drug-likeness (QED) is 0.777. The average molecular weight is 282 g/mol. The van der Waals surface area contributed by atoms with Gasteiger partial charge in [0.05, 0.1) is 5.69 Å². The molecule has 3 rings (SSSR count). The van der Waals surface area contributed by atoms with Gasteiger partial charge in [0.25, 0.3) is 5.56 Å². The van der Waals surface area contributed by atoms with Gasteiger partial charge in [-0.1, -0.05) is 18.2 Å². The number of hydrogen-bond donors (Lipinski definition) is 1. The summed E-state index contributed by atoms with van der Waals surface area (Å²) in [6.45, 7) is 0. The minimum atomic E-state index is -1.12. The Morgan fingerprint density at radius 3 is 2.43 bits per heavy atom. The molecule has 104 valence electrons. The fourth-order valence-corrected chi connectivity index (χ4v) is 1.84. The maximum Gasteiger partial charge on any atom is 0.356 e. The van der Waals surface area contributed by atoms with E-state index in [2.05, 4.69) is 10.2 Å². The predicted octanol–water partition coefficient (Wildman–Crippen LogP) is 1.12. The predicted molar refractivity (Wildman–Crippen MR) is 73.9 cm³/mol. The molecule has 3 aromatic rings. The van der Waals surface area contributed by atoms with E-state index in [4.69, 9.17) is 5.11 Å². The van der Waals surface area contributed by atoms with Crippen LogP contribution in [0.1, 0.15) is 10.5 Å². The molecule has 0 saturated carbocycles. The topological polar surface area (TPSA) is 90.0 Å². The molecular weight excluding hydrogens is 272 g/mol. The Labute approximate surface area is 118 Å². The van der Waals surface area contributed by atoms with Gasteiger partial charge in [0.2, 0.25) is 0 Å². The molecule has 0 bridgehead atoms. The standard InChI is InChI=1S/C14H10N4O3/c19-13-7-6-12(17-9-8-11(15-17)14(20)21)16-18(13)10-4-2-1-3-5-10/h1-9H,(H,20,21). The summed E-state index contributed by atoms with van der Waals surface area (Å²) < 4.78 is 2.54. The van der Waals surface area contributed by atoms with Crippen LogP contribution < -0.4 is 5.56 Å². The number of benzene rings is 1. The number of carboxylic acid groups (broad SMARTS) is 1. The van der Waals surface area contributed by atoms with Crippen molar-refractivity contribution in [2.45, 2.75) is 0 Å². The van der Waals surface area contributed by atoms with E-state index >= 15 is 0 Å². The van der Waals surface area contributed by atoms with Crippen LogP contribution in [0.15, 0.2) is 59.5 Å². The van der Waals surface area contributed by atoms with Crippen molar-refractivity contribution in [1.29, 1.82) is 0 Å². The highest BCUT2D eigenvalue weighted by atomic mass is 16.4. The molecule has 0 saturated heterocycles. The first kappa shape index (κ1) is 12.8. The van der Waals surface area contributed by atoms with E-state index in [9.17, 15) is 9.59 Å². The van der Waals surface area contributed by atoms with Crippen LogP contribution in [0.2, 0.25) is 0 Å². The largest absolute Gasteiger partial charge is 0.476 e. The molecule has 0 atom stereocenters. The molecule has 1 aromatic carbocycles. The third-order valence-corrected chi connectivity index (χ3v) is 2.83. The zero-order chi connectivity index (χ0) is 14.8. The second kappa shape index (κ2) is 5.04. The number of rotatable bonds is 3. The smallest absolute Gasteiger partial charge is 0.356 e. The third-order valence-electron chi connectivity index (χ3n) is 2.83. The van der Waals surface area contributed by atoms with E-state index in [0.717, 1.165) is 0 Å². The molecule has 0 amide bonds. The highest BCUT2D eigenvalue weighted by molar-refractivity contribution is 5.85. The second-order valence-corrected chi connectivity index (χ2v) is 4.23. The summed E-state index contributed by atoms with van der Waals surface area (Å²) in [4.78, 5) is 22.7. The van der Waals surface area contributed by atoms with Gasteiger partial charge in [0.1, 0.15) is 0 Å². The maximum absolute atomic E-state index is 11.9. The lowest BCUT2D eigenvalue weighted by Gasteiger charge is -2.06. The fraction of sp³-hybridized carbons (Fsp3) is 0. The SMILES string of the molecule is O=C(O)c1ccn(-c2ccc(=O)n(-c3ccccc3)n2)n1. The molecule has 2 heterocycles. The van der Waals surface area contributed by atoms with Crippen molar-refractivity contribution in [3.8, 4) is 11.5 Å². The maximum atomic E-state index is 11.9. The zero-order valence-electron chi connectivity index (χ0n) is 10.7. The Morgan fingerprint density at radius 1 is 1.00 bits per heavy atom. The molecule has 0 fully saturated rings. The summed E-state index contributed by atoms with van der Waals surface area (Å²) in [6, 6.07) is 13.2. The Balaban J connectivity index is 2.09. The van der Waals surface area contributed by atoms with E-state index in [1.807, 2.05) is 6.07 Å². The van der Waals surface area contributed by atoms with Crippen molar-refractivity contribution in [3.05, 3.63) is 70.8 Å². The minimum Gasteiger partial charge on any atom is -0.476 e. The first-order chi connectivity index (χ1) is 10.1. The van der Waals surface area contributed by atoms with Gasteiger partial charge < -0.3 is 5.11 Å². The monoisotopic (exact) mass is 282 g/mol. The van der Waals surface area contributed by atoms with Crippen LogP contribution in [0, 0.1) is 0 Å². The number of aromatic nitrogens is 4. The van der Waals surface area contributed by atoms with Gasteiger partial charge in [-0.05, 0) is 24.3 Å². The van der Waals surface area contributed by atoms with E-state index in [-0.39, 0.29) is 11.3 Å². The van der Waals surface area contributed by atoms with Gasteiger partial charge in [-0.25, -0.2) is 9.48 Å². The van der Waals surface area contributed by atoms with Crippen molar-refractivity contribution in [2.24, 2.45) is 0 Å². The summed E-state index contributed by atoms with van der Waals surface area (Å²) in [5.41, 5.74) is 0.250. The van der Waals surface area contributed by atoms with Crippen LogP contribution in [0.25, 0.3) is 11.5 Å². The van der Waals surface area contributed by atoms with Gasteiger partial charge in [-0.3, -0.25) is 4.79 Å². The van der Waals surface area contributed by atoms with Crippen LogP contribution in [-0.4, -0.2) is 30.6 Å². The van der Waals surface area contributed by atoms with Gasteiger partial charge in [-0.15, -0.1) is 5.10 Å². The highest BCUT2D eigenvalue weighted by Gasteiger charge is 2.10. The zero-order valence-corrected chi connectivity index (χ0v) is 10.7. The van der Waals surface area contributed by atoms with Crippen molar-refractivity contribution in [1.82, 2.24) is 19.6 Å². The summed E-state index contributed by atoms with van der Waals surface area (Å²) >= 11 is 0. The lowest BCUT2D eigenvalue weighted by atomic mass is 10.3. The molecule has 0 aliphatic carbocycles. The Kier molecular flexibility index (Phi) is 3.07. The fourth-order valence-electron chi connectivity index (χ4n) is 1.84. The Hall–Kier alpha value is -3.22. The van der Waals surface area contributed by atoms with Gasteiger partial charge >= 0.3 is 5.97 Å². The Morgan fingerprint density at radius 2 is 1.76 bits per heavy atom. The molecule has 0 spiro atoms. The molecular formula is C14H10N4O3. The molecule has 0 aliphatic rings. The van der Waals surface area contributed by atoms with Crippen LogP contribution in [0.5, 0.6) is 0 Å². The van der Waals surface area contributed by atoms with Gasteiger partial charge in [-0.2, -0.15) is 9.78 Å². The van der Waals surface area contributed by atoms with Gasteiger partial charge in [0.15, 0.2) is 11.5 Å². The van der Waals surface area contributed by atoms with Crippen LogP contribution in [-0.2, 0) is 0 Å². The molecule has 2 aromatic heterocycles. The Bertz CT molecular complexity index is 852. The molecule has 7 nitrogen and oxygen atoms in total. The number of para-hydroxylation sites is 1. The third kappa shape index (κ3) is 2.44. The van der Waals surface area contributed by atoms with Crippen molar-refractivity contribution < 1.29 is 9.90 Å². The second-order valence-electron chi connectivity index (χ2n) is 4.23. The minimum absolute atomic E-state index is 0.0886. The van der Waals surface area contributed by atoms with Crippen LogP contribution in [0.3, 0.4) is 0 Å². The number of aromatic carboxylic acids is 1. The van der Waals surface area contributed by atoms with Gasteiger partial charge in [0, 0.05) is 12.3 Å². The van der Waals surface area contributed by atoms with E-state index < -0.39 is 5.97 Å². The average Bonchev–Trinajstić information content (AvgIpc) is 2.99. The molecule has 0 aliphatic heterocycles. The van der Waals surface area contributed by atoms with E-state index in [1.165, 1.54) is 33.8 Å². The summed E-state index contributed by atoms with van der Waals surface area (Å²) in [7, 11) is 0. The summed E-state index contributed by atoms with van der Waals surface area (Å²) in [5, 5.41) is 17.0. The molecule has 1 N–H and O–H groups in total. The van der Waals surface area contributed by atoms with E-state index in [0.29, 0.717) is 11.5 Å². The number of nitrogens with zero attached hydrogens (tertiary/aromatic N) is 4. The molecule has 7 heteroatoms. The van der Waals surface area contributed by atoms with Crippen LogP contribution in [0.4, 0.5) is 0 Å². The lowest BCUT2D eigenvalue weighted by Crippen LogP contribution is -2.21. The highest BCUT2D eigenvalue weighted by Crippen LogP contribution is 2.06. The molecule has 0 radical (unpaired) electrons. The van der Waals surface area contributed by atoms with E-state index in [1.54, 1.807) is 24.3 Å². The lowest BCUT2D eigenvalue weighted by molar-refractivity contribution is 0.0690. The normalized spacial score (nSPS) is 10.5. The number of carboxylic acids is 1. The van der Waals surface area contributed by atoms with Crippen molar-refractivity contribution in [3.63, 3.8) is 0 Å². The summed E-state index contributed by atoms with van der Waals surface area (Å²) in [6.07, 6.45) is 1.48. The number of carbonyl (C=O) groups is 1. The summed E-state index contributed by atoms with van der Waals surface area (Å²) in [5.74, 6) is -0.768. The molecule has 21 heavy (non-hydrogen) atoms. The number of hydrogen-bond acceptors (Lipinski definition) is 4. The first-order valence-corrected chi connectivity index (χ1v) is 6.10. The molecule has 0 unspecified atom stereocenters. The van der Waals surface area contributed by atoms with Crippen molar-refractivity contribution in [2.75, 3.05) is 0 Å². The van der Waals surface area contributed by atoms with Crippen molar-refractivity contribution >= 4 is 5.97 Å².